The summed E-state index contributed by atoms with van der Waals surface area (Å²) >= 11 is 0. The highest BCUT2D eigenvalue weighted by Crippen LogP contribution is 2.40. The van der Waals surface area contributed by atoms with Crippen molar-refractivity contribution in [1.82, 2.24) is 20.5 Å². The average Bonchev–Trinajstić information content (AvgIpc) is 3.22. The van der Waals surface area contributed by atoms with Crippen LogP contribution in [0, 0.1) is 5.41 Å². The van der Waals surface area contributed by atoms with E-state index in [4.69, 9.17) is 4.74 Å². The van der Waals surface area contributed by atoms with Gasteiger partial charge in [-0.3, -0.25) is 4.99 Å². The van der Waals surface area contributed by atoms with Crippen molar-refractivity contribution < 1.29 is 4.74 Å². The molecule has 0 atom stereocenters. The first-order chi connectivity index (χ1) is 14.1. The molecule has 1 saturated heterocycles. The first kappa shape index (κ1) is 25.1. The van der Waals surface area contributed by atoms with Gasteiger partial charge in [-0.2, -0.15) is 0 Å². The van der Waals surface area contributed by atoms with E-state index in [9.17, 15) is 0 Å². The number of aliphatic imine (C=N–C) groups is 1. The number of nitrogens with zero attached hydrogens (tertiary/aromatic N) is 4. The number of ether oxygens (including phenoxy) is 1. The molecule has 1 saturated carbocycles. The second-order valence-corrected chi connectivity index (χ2v) is 8.54. The van der Waals surface area contributed by atoms with E-state index in [0.717, 1.165) is 64.1 Å². The van der Waals surface area contributed by atoms with Gasteiger partial charge >= 0.3 is 0 Å². The zero-order chi connectivity index (χ0) is 20.5. The summed E-state index contributed by atoms with van der Waals surface area (Å²) in [5, 5.41) is 6.98. The van der Waals surface area contributed by atoms with Gasteiger partial charge in [0.15, 0.2) is 5.96 Å². The van der Waals surface area contributed by atoms with Crippen LogP contribution in [-0.4, -0.2) is 76.4 Å². The number of likely N-dealkylation sites (N-methyl/N-ethyl adjacent to an activating group) is 1. The van der Waals surface area contributed by atoms with Gasteiger partial charge in [-0.05, 0) is 43.4 Å². The lowest BCUT2D eigenvalue weighted by molar-refractivity contribution is 0.138. The molecule has 0 radical (unpaired) electrons. The number of nitrogens with one attached hydrogen (secondary N) is 2. The third-order valence-corrected chi connectivity index (χ3v) is 6.45. The molecule has 1 aromatic rings. The normalized spacial score (nSPS) is 19.4. The number of anilines is 1. The maximum atomic E-state index is 5.34. The third kappa shape index (κ3) is 7.23. The Balaban J connectivity index is 0.00000320. The number of guanidine groups is 1. The molecule has 2 N–H and O–H groups in total. The summed E-state index contributed by atoms with van der Waals surface area (Å²) < 4.78 is 5.34. The molecule has 0 unspecified atom stereocenters. The topological polar surface area (TPSA) is 65.0 Å². The van der Waals surface area contributed by atoms with Gasteiger partial charge < -0.3 is 25.2 Å². The Hall–Kier alpha value is -1.13. The van der Waals surface area contributed by atoms with Crippen LogP contribution in [0.2, 0.25) is 0 Å². The average molecular weight is 530 g/mol. The van der Waals surface area contributed by atoms with Crippen LogP contribution in [0.3, 0.4) is 0 Å². The molecule has 1 aliphatic carbocycles. The fourth-order valence-electron chi connectivity index (χ4n) is 4.38. The Kier molecular flexibility index (Phi) is 10.6. The SMILES string of the molecule is CN=C(NCc1ccc(N2CCN(C)CC2)nc1)NCC1(CCOC)CCCC1.I. The summed E-state index contributed by atoms with van der Waals surface area (Å²) in [6, 6.07) is 4.30. The van der Waals surface area contributed by atoms with E-state index in [0.29, 0.717) is 5.41 Å². The Labute approximate surface area is 199 Å². The van der Waals surface area contributed by atoms with Gasteiger partial charge in [0.05, 0.1) is 0 Å². The van der Waals surface area contributed by atoms with E-state index < -0.39 is 0 Å². The molecular weight excluding hydrogens is 491 g/mol. The number of halogens is 1. The standard InChI is InChI=1S/C22H38N6O.HI/c1-23-21(26-18-22(10-15-29-3)8-4-5-9-22)25-17-19-6-7-20(24-16-19)28-13-11-27(2)12-14-28;/h6-7,16H,4-5,8-15,17-18H2,1-3H3,(H2,23,25,26);1H. The number of aromatic nitrogens is 1. The summed E-state index contributed by atoms with van der Waals surface area (Å²) in [5.74, 6) is 1.93. The van der Waals surface area contributed by atoms with E-state index in [-0.39, 0.29) is 24.0 Å². The Bertz CT molecular complexity index is 640. The molecule has 0 aromatic carbocycles. The molecule has 30 heavy (non-hydrogen) atoms. The number of hydrogen-bond acceptors (Lipinski definition) is 5. The highest BCUT2D eigenvalue weighted by molar-refractivity contribution is 14.0. The molecule has 8 heteroatoms. The van der Waals surface area contributed by atoms with E-state index in [1.54, 1.807) is 7.11 Å². The van der Waals surface area contributed by atoms with Crippen molar-refractivity contribution in [2.75, 3.05) is 65.4 Å². The fourth-order valence-corrected chi connectivity index (χ4v) is 4.38. The number of methoxy groups -OCH3 is 1. The van der Waals surface area contributed by atoms with Gasteiger partial charge in [0, 0.05) is 66.2 Å². The number of hydrogen-bond donors (Lipinski definition) is 2. The molecule has 3 rings (SSSR count). The molecule has 2 fully saturated rings. The van der Waals surface area contributed by atoms with E-state index in [2.05, 4.69) is 49.6 Å². The van der Waals surface area contributed by atoms with Gasteiger partial charge in [0.1, 0.15) is 5.82 Å². The minimum absolute atomic E-state index is 0. The molecule has 170 valence electrons. The van der Waals surface area contributed by atoms with Crippen molar-refractivity contribution in [3.05, 3.63) is 23.9 Å². The van der Waals surface area contributed by atoms with Crippen molar-refractivity contribution >= 4 is 35.8 Å². The van der Waals surface area contributed by atoms with Crippen molar-refractivity contribution in [2.24, 2.45) is 10.4 Å². The van der Waals surface area contributed by atoms with E-state index in [1.165, 1.54) is 31.2 Å². The van der Waals surface area contributed by atoms with Crippen LogP contribution in [0.5, 0.6) is 0 Å². The molecule has 0 bridgehead atoms. The first-order valence-corrected chi connectivity index (χ1v) is 11.0. The summed E-state index contributed by atoms with van der Waals surface area (Å²) in [6.45, 7) is 6.79. The first-order valence-electron chi connectivity index (χ1n) is 11.0. The van der Waals surface area contributed by atoms with Crippen LogP contribution < -0.4 is 15.5 Å². The quantitative estimate of drug-likeness (QED) is 0.306. The van der Waals surface area contributed by atoms with Crippen LogP contribution in [0.25, 0.3) is 0 Å². The summed E-state index contributed by atoms with van der Waals surface area (Å²) in [6.07, 6.45) is 8.29. The van der Waals surface area contributed by atoms with Gasteiger partial charge in [-0.15, -0.1) is 24.0 Å². The Morgan fingerprint density at radius 1 is 1.17 bits per heavy atom. The van der Waals surface area contributed by atoms with Gasteiger partial charge in [0.25, 0.3) is 0 Å². The van der Waals surface area contributed by atoms with Crippen molar-refractivity contribution in [2.45, 2.75) is 38.6 Å². The number of pyridine rings is 1. The predicted octanol–water partition coefficient (Wildman–Crippen LogP) is 2.71. The van der Waals surface area contributed by atoms with Crippen LogP contribution in [-0.2, 0) is 11.3 Å². The van der Waals surface area contributed by atoms with E-state index >= 15 is 0 Å². The molecule has 1 aromatic heterocycles. The Morgan fingerprint density at radius 3 is 2.50 bits per heavy atom. The van der Waals surface area contributed by atoms with Crippen LogP contribution in [0.15, 0.2) is 23.3 Å². The lowest BCUT2D eigenvalue weighted by atomic mass is 9.83. The lowest BCUT2D eigenvalue weighted by Gasteiger charge is -2.33. The highest BCUT2D eigenvalue weighted by atomic mass is 127. The van der Waals surface area contributed by atoms with Crippen LogP contribution in [0.1, 0.15) is 37.7 Å². The predicted molar refractivity (Wildman–Crippen MR) is 135 cm³/mol. The smallest absolute Gasteiger partial charge is 0.191 e. The largest absolute Gasteiger partial charge is 0.385 e. The molecule has 1 aliphatic heterocycles. The molecule has 2 heterocycles. The highest BCUT2D eigenvalue weighted by Gasteiger charge is 2.33. The number of piperazine rings is 1. The third-order valence-electron chi connectivity index (χ3n) is 6.45. The van der Waals surface area contributed by atoms with Crippen LogP contribution >= 0.6 is 24.0 Å². The molecule has 0 spiro atoms. The zero-order valence-corrected chi connectivity index (χ0v) is 21.2. The second-order valence-electron chi connectivity index (χ2n) is 8.54. The summed E-state index contributed by atoms with van der Waals surface area (Å²) in [4.78, 5) is 13.8. The fraction of sp³-hybridized carbons (Fsp3) is 0.727. The molecule has 7 nitrogen and oxygen atoms in total. The van der Waals surface area contributed by atoms with E-state index in [1.807, 2.05) is 13.2 Å². The van der Waals surface area contributed by atoms with Crippen molar-refractivity contribution in [3.8, 4) is 0 Å². The molecule has 0 amide bonds. The molecular formula is C22H39IN6O. The summed E-state index contributed by atoms with van der Waals surface area (Å²) in [7, 11) is 5.80. The van der Waals surface area contributed by atoms with Crippen molar-refractivity contribution in [3.63, 3.8) is 0 Å². The minimum Gasteiger partial charge on any atom is -0.385 e. The molecule has 2 aliphatic rings. The minimum atomic E-state index is 0. The van der Waals surface area contributed by atoms with Gasteiger partial charge in [-0.25, -0.2) is 4.98 Å². The lowest BCUT2D eigenvalue weighted by Crippen LogP contribution is -2.44. The summed E-state index contributed by atoms with van der Waals surface area (Å²) in [5.41, 5.74) is 1.51. The zero-order valence-electron chi connectivity index (χ0n) is 18.8. The maximum absolute atomic E-state index is 5.34. The Morgan fingerprint density at radius 2 is 1.90 bits per heavy atom. The van der Waals surface area contributed by atoms with Crippen LogP contribution in [0.4, 0.5) is 5.82 Å². The monoisotopic (exact) mass is 530 g/mol. The number of rotatable bonds is 8. The van der Waals surface area contributed by atoms with Gasteiger partial charge in [-0.1, -0.05) is 18.9 Å². The second kappa shape index (κ2) is 12.7. The van der Waals surface area contributed by atoms with Crippen molar-refractivity contribution in [1.29, 1.82) is 0 Å². The maximum Gasteiger partial charge on any atom is 0.191 e. The van der Waals surface area contributed by atoms with Gasteiger partial charge in [0.2, 0.25) is 0 Å².